The Hall–Kier alpha value is -1.62. The van der Waals surface area contributed by atoms with E-state index in [-0.39, 0.29) is 24.0 Å². The van der Waals surface area contributed by atoms with Crippen LogP contribution in [0.25, 0.3) is 0 Å². The molecule has 4 nitrogen and oxygen atoms in total. The van der Waals surface area contributed by atoms with E-state index >= 15 is 0 Å². The molecule has 16 heavy (non-hydrogen) atoms. The van der Waals surface area contributed by atoms with E-state index in [2.05, 4.69) is 0 Å². The molecular weight excluding hydrogens is 215 g/mol. The molecule has 1 rings (SSSR count). The summed E-state index contributed by atoms with van der Waals surface area (Å²) in [6.07, 6.45) is -0.154. The zero-order valence-electron chi connectivity index (χ0n) is 9.07. The van der Waals surface area contributed by atoms with Crippen LogP contribution in [-0.2, 0) is 4.74 Å². The van der Waals surface area contributed by atoms with Gasteiger partial charge in [-0.25, -0.2) is 9.18 Å². The molecule has 88 valence electrons. The van der Waals surface area contributed by atoms with Crippen LogP contribution in [0.1, 0.15) is 17.3 Å². The van der Waals surface area contributed by atoms with Crippen molar-refractivity contribution in [1.29, 1.82) is 0 Å². The summed E-state index contributed by atoms with van der Waals surface area (Å²) >= 11 is 0. The van der Waals surface area contributed by atoms with E-state index in [1.807, 2.05) is 0 Å². The van der Waals surface area contributed by atoms with Crippen molar-refractivity contribution in [2.24, 2.45) is 0 Å². The molecule has 1 aromatic rings. The molecule has 1 unspecified atom stereocenters. The number of methoxy groups -OCH3 is 1. The van der Waals surface area contributed by atoms with Gasteiger partial charge >= 0.3 is 5.97 Å². The Labute approximate surface area is 92.6 Å². The molecule has 0 saturated carbocycles. The van der Waals surface area contributed by atoms with Gasteiger partial charge in [0.25, 0.3) is 0 Å². The number of ether oxygens (including phenoxy) is 2. The number of hydrogen-bond donors (Lipinski definition) is 1. The average Bonchev–Trinajstić information content (AvgIpc) is 2.26. The molecule has 0 aliphatic heterocycles. The molecule has 0 radical (unpaired) electrons. The minimum atomic E-state index is -1.17. The van der Waals surface area contributed by atoms with Crippen molar-refractivity contribution in [3.05, 3.63) is 29.6 Å². The zero-order valence-corrected chi connectivity index (χ0v) is 9.07. The molecule has 1 N–H and O–H groups in total. The van der Waals surface area contributed by atoms with Gasteiger partial charge in [-0.3, -0.25) is 0 Å². The minimum absolute atomic E-state index is 0.0221. The summed E-state index contributed by atoms with van der Waals surface area (Å²) in [5.41, 5.74) is -0.107. The lowest BCUT2D eigenvalue weighted by Gasteiger charge is -2.12. The molecule has 0 spiro atoms. The molecule has 1 aromatic carbocycles. The smallest absolute Gasteiger partial charge is 0.335 e. The lowest BCUT2D eigenvalue weighted by molar-refractivity contribution is 0.0686. The van der Waals surface area contributed by atoms with Crippen LogP contribution in [0.5, 0.6) is 5.75 Å². The highest BCUT2D eigenvalue weighted by Crippen LogP contribution is 2.18. The van der Waals surface area contributed by atoms with Crippen molar-refractivity contribution in [3.63, 3.8) is 0 Å². The van der Waals surface area contributed by atoms with Crippen molar-refractivity contribution in [3.8, 4) is 5.75 Å². The number of carboxylic acids is 1. The number of hydrogen-bond acceptors (Lipinski definition) is 3. The maximum absolute atomic E-state index is 13.3. The lowest BCUT2D eigenvalue weighted by Crippen LogP contribution is -2.16. The van der Waals surface area contributed by atoms with Gasteiger partial charge in [0.2, 0.25) is 0 Å². The van der Waals surface area contributed by atoms with E-state index in [9.17, 15) is 9.18 Å². The lowest BCUT2D eigenvalue weighted by atomic mass is 10.2. The molecule has 0 aliphatic rings. The van der Waals surface area contributed by atoms with Crippen molar-refractivity contribution in [2.45, 2.75) is 13.0 Å². The van der Waals surface area contributed by atoms with Crippen LogP contribution < -0.4 is 4.74 Å². The molecule has 0 fully saturated rings. The first-order valence-corrected chi connectivity index (χ1v) is 4.73. The second kappa shape index (κ2) is 5.46. The van der Waals surface area contributed by atoms with Gasteiger partial charge in [0.15, 0.2) is 11.6 Å². The van der Waals surface area contributed by atoms with Gasteiger partial charge in [-0.05, 0) is 25.1 Å². The van der Waals surface area contributed by atoms with Crippen LogP contribution in [0.15, 0.2) is 18.2 Å². The second-order valence-corrected chi connectivity index (χ2v) is 3.31. The Morgan fingerprint density at radius 1 is 1.56 bits per heavy atom. The van der Waals surface area contributed by atoms with Crippen LogP contribution in [0.4, 0.5) is 4.39 Å². The third-order valence-electron chi connectivity index (χ3n) is 2.05. The highest BCUT2D eigenvalue weighted by atomic mass is 19.1. The molecule has 0 bridgehead atoms. The van der Waals surface area contributed by atoms with Gasteiger partial charge in [0.1, 0.15) is 6.61 Å². The minimum Gasteiger partial charge on any atom is -0.488 e. The SMILES string of the molecule is COC(C)COc1ccc(C(=O)O)cc1F. The molecule has 0 aromatic heterocycles. The number of carbonyl (C=O) groups is 1. The summed E-state index contributed by atoms with van der Waals surface area (Å²) in [5.74, 6) is -1.84. The Kier molecular flexibility index (Phi) is 4.25. The number of benzene rings is 1. The molecule has 0 amide bonds. The topological polar surface area (TPSA) is 55.8 Å². The molecule has 1 atom stereocenters. The highest BCUT2D eigenvalue weighted by Gasteiger charge is 2.10. The monoisotopic (exact) mass is 228 g/mol. The van der Waals surface area contributed by atoms with Crippen LogP contribution >= 0.6 is 0 Å². The maximum Gasteiger partial charge on any atom is 0.335 e. The quantitative estimate of drug-likeness (QED) is 0.836. The third kappa shape index (κ3) is 3.20. The van der Waals surface area contributed by atoms with Gasteiger partial charge in [0, 0.05) is 7.11 Å². The standard InChI is InChI=1S/C11H13FO4/c1-7(15-2)6-16-10-4-3-8(11(13)14)5-9(10)12/h3-5,7H,6H2,1-2H3,(H,13,14). The van der Waals surface area contributed by atoms with Crippen LogP contribution in [0.3, 0.4) is 0 Å². The van der Waals surface area contributed by atoms with E-state index in [1.165, 1.54) is 19.2 Å². The zero-order chi connectivity index (χ0) is 12.1. The maximum atomic E-state index is 13.3. The molecule has 0 aliphatic carbocycles. The first kappa shape index (κ1) is 12.4. The van der Waals surface area contributed by atoms with Crippen molar-refractivity contribution in [2.75, 3.05) is 13.7 Å². The van der Waals surface area contributed by atoms with E-state index in [0.717, 1.165) is 6.07 Å². The highest BCUT2D eigenvalue weighted by molar-refractivity contribution is 5.87. The summed E-state index contributed by atoms with van der Waals surface area (Å²) < 4.78 is 23.4. The first-order chi connectivity index (χ1) is 7.54. The summed E-state index contributed by atoms with van der Waals surface area (Å²) in [6.45, 7) is 1.99. The fraction of sp³-hybridized carbons (Fsp3) is 0.364. The Morgan fingerprint density at radius 2 is 2.25 bits per heavy atom. The van der Waals surface area contributed by atoms with Crippen molar-refractivity contribution >= 4 is 5.97 Å². The molecular formula is C11H13FO4. The number of rotatable bonds is 5. The molecule has 0 saturated heterocycles. The summed E-state index contributed by atoms with van der Waals surface area (Å²) in [6, 6.07) is 3.51. The van der Waals surface area contributed by atoms with Gasteiger partial charge in [0.05, 0.1) is 11.7 Å². The summed E-state index contributed by atoms with van der Waals surface area (Å²) in [5, 5.41) is 8.63. The average molecular weight is 228 g/mol. The Morgan fingerprint density at radius 3 is 2.75 bits per heavy atom. The van der Waals surface area contributed by atoms with E-state index < -0.39 is 11.8 Å². The van der Waals surface area contributed by atoms with Gasteiger partial charge in [-0.15, -0.1) is 0 Å². The first-order valence-electron chi connectivity index (χ1n) is 4.73. The van der Waals surface area contributed by atoms with Gasteiger partial charge < -0.3 is 14.6 Å². The Bertz CT molecular complexity index is 378. The van der Waals surface area contributed by atoms with Crippen LogP contribution in [-0.4, -0.2) is 30.9 Å². The second-order valence-electron chi connectivity index (χ2n) is 3.31. The van der Waals surface area contributed by atoms with Crippen molar-refractivity contribution in [1.82, 2.24) is 0 Å². The van der Waals surface area contributed by atoms with E-state index in [1.54, 1.807) is 6.92 Å². The van der Waals surface area contributed by atoms with Gasteiger partial charge in [-0.2, -0.15) is 0 Å². The predicted octanol–water partition coefficient (Wildman–Crippen LogP) is 1.94. The number of aromatic carboxylic acids is 1. The normalized spacial score (nSPS) is 12.2. The molecule has 5 heteroatoms. The number of halogens is 1. The van der Waals surface area contributed by atoms with E-state index in [0.29, 0.717) is 0 Å². The third-order valence-corrected chi connectivity index (χ3v) is 2.05. The van der Waals surface area contributed by atoms with Crippen molar-refractivity contribution < 1.29 is 23.8 Å². The van der Waals surface area contributed by atoms with Gasteiger partial charge in [-0.1, -0.05) is 0 Å². The summed E-state index contributed by atoms with van der Waals surface area (Å²) in [7, 11) is 1.53. The fourth-order valence-electron chi connectivity index (χ4n) is 1.03. The van der Waals surface area contributed by atoms with E-state index in [4.69, 9.17) is 14.6 Å². The number of carboxylic acid groups (broad SMARTS) is 1. The fourth-order valence-corrected chi connectivity index (χ4v) is 1.03. The summed E-state index contributed by atoms with van der Waals surface area (Å²) in [4.78, 5) is 10.5. The van der Waals surface area contributed by atoms with Crippen LogP contribution in [0, 0.1) is 5.82 Å². The predicted molar refractivity (Wildman–Crippen MR) is 55.3 cm³/mol. The molecule has 0 heterocycles. The Balaban J connectivity index is 2.72. The largest absolute Gasteiger partial charge is 0.488 e. The van der Waals surface area contributed by atoms with Crippen LogP contribution in [0.2, 0.25) is 0 Å².